The van der Waals surface area contributed by atoms with Gasteiger partial charge in [0.1, 0.15) is 5.75 Å². The SMILES string of the molecule is COc1c(C)cnc(CNC(=O)c2cn(Cc3ccccc3)c3ccccc23)c1C. The first-order chi connectivity index (χ1) is 14.6. The fourth-order valence-electron chi connectivity index (χ4n) is 3.85. The molecular formula is C25H25N3O2. The number of aryl methyl sites for hydroxylation is 1. The molecule has 0 radical (unpaired) electrons. The maximum absolute atomic E-state index is 13.0. The lowest BCUT2D eigenvalue weighted by Gasteiger charge is -2.12. The predicted octanol–water partition coefficient (Wildman–Crippen LogP) is 4.64. The van der Waals surface area contributed by atoms with E-state index in [-0.39, 0.29) is 5.91 Å². The molecule has 2 aromatic heterocycles. The molecule has 0 aliphatic heterocycles. The van der Waals surface area contributed by atoms with Gasteiger partial charge in [0.2, 0.25) is 0 Å². The Kier molecular flexibility index (Phi) is 5.53. The Morgan fingerprint density at radius 3 is 2.57 bits per heavy atom. The summed E-state index contributed by atoms with van der Waals surface area (Å²) in [5.74, 6) is 0.701. The summed E-state index contributed by atoms with van der Waals surface area (Å²) in [6.45, 7) is 4.98. The number of carbonyl (C=O) groups is 1. The quantitative estimate of drug-likeness (QED) is 0.514. The number of fused-ring (bicyclic) bond motifs is 1. The zero-order valence-electron chi connectivity index (χ0n) is 17.5. The van der Waals surface area contributed by atoms with E-state index in [9.17, 15) is 4.79 Å². The number of hydrogen-bond acceptors (Lipinski definition) is 3. The van der Waals surface area contributed by atoms with E-state index >= 15 is 0 Å². The number of nitrogens with zero attached hydrogens (tertiary/aromatic N) is 2. The molecule has 0 atom stereocenters. The third-order valence-electron chi connectivity index (χ3n) is 5.40. The van der Waals surface area contributed by atoms with E-state index < -0.39 is 0 Å². The van der Waals surface area contributed by atoms with Gasteiger partial charge in [-0.15, -0.1) is 0 Å². The first-order valence-electron chi connectivity index (χ1n) is 9.97. The average Bonchev–Trinajstić information content (AvgIpc) is 3.13. The largest absolute Gasteiger partial charge is 0.496 e. The van der Waals surface area contributed by atoms with Crippen molar-refractivity contribution in [1.82, 2.24) is 14.9 Å². The topological polar surface area (TPSA) is 56.1 Å². The molecule has 4 rings (SSSR count). The predicted molar refractivity (Wildman–Crippen MR) is 119 cm³/mol. The number of pyridine rings is 1. The van der Waals surface area contributed by atoms with Gasteiger partial charge in [-0.1, -0.05) is 48.5 Å². The van der Waals surface area contributed by atoms with Crippen molar-refractivity contribution in [2.75, 3.05) is 7.11 Å². The van der Waals surface area contributed by atoms with Crippen LogP contribution < -0.4 is 10.1 Å². The zero-order chi connectivity index (χ0) is 21.1. The molecule has 0 aliphatic carbocycles. The van der Waals surface area contributed by atoms with E-state index in [1.165, 1.54) is 5.56 Å². The van der Waals surface area contributed by atoms with E-state index in [0.717, 1.165) is 33.5 Å². The van der Waals surface area contributed by atoms with Crippen LogP contribution >= 0.6 is 0 Å². The Bertz CT molecular complexity index is 1200. The molecule has 5 heteroatoms. The van der Waals surface area contributed by atoms with Gasteiger partial charge >= 0.3 is 0 Å². The third kappa shape index (κ3) is 3.79. The molecule has 30 heavy (non-hydrogen) atoms. The molecule has 0 unspecified atom stereocenters. The summed E-state index contributed by atoms with van der Waals surface area (Å²) in [7, 11) is 1.65. The molecule has 0 saturated carbocycles. The van der Waals surface area contributed by atoms with Crippen molar-refractivity contribution < 1.29 is 9.53 Å². The van der Waals surface area contributed by atoms with Crippen molar-refractivity contribution in [3.63, 3.8) is 0 Å². The van der Waals surface area contributed by atoms with Crippen LogP contribution in [0.25, 0.3) is 10.9 Å². The highest BCUT2D eigenvalue weighted by atomic mass is 16.5. The van der Waals surface area contributed by atoms with Crippen LogP contribution in [0.1, 0.15) is 32.7 Å². The van der Waals surface area contributed by atoms with Crippen LogP contribution in [0.2, 0.25) is 0 Å². The van der Waals surface area contributed by atoms with Crippen molar-refractivity contribution in [3.8, 4) is 5.75 Å². The average molecular weight is 399 g/mol. The second-order valence-corrected chi connectivity index (χ2v) is 7.40. The van der Waals surface area contributed by atoms with Gasteiger partial charge < -0.3 is 14.6 Å². The van der Waals surface area contributed by atoms with Gasteiger partial charge in [0.25, 0.3) is 5.91 Å². The fraction of sp³-hybridized carbons (Fsp3) is 0.200. The normalized spacial score (nSPS) is 10.9. The summed E-state index contributed by atoms with van der Waals surface area (Å²) in [6, 6.07) is 18.2. The smallest absolute Gasteiger partial charge is 0.253 e. The van der Waals surface area contributed by atoms with Crippen molar-refractivity contribution in [2.24, 2.45) is 0 Å². The number of aromatic nitrogens is 2. The number of ether oxygens (including phenoxy) is 1. The summed E-state index contributed by atoms with van der Waals surface area (Å²) in [5, 5.41) is 3.97. The monoisotopic (exact) mass is 399 g/mol. The summed E-state index contributed by atoms with van der Waals surface area (Å²) < 4.78 is 7.59. The Balaban J connectivity index is 1.60. The van der Waals surface area contributed by atoms with Gasteiger partial charge in [0, 0.05) is 41.0 Å². The van der Waals surface area contributed by atoms with E-state index in [0.29, 0.717) is 18.7 Å². The molecule has 4 aromatic rings. The van der Waals surface area contributed by atoms with Crippen LogP contribution in [0.15, 0.2) is 67.0 Å². The zero-order valence-corrected chi connectivity index (χ0v) is 17.5. The molecule has 0 bridgehead atoms. The van der Waals surface area contributed by atoms with Crippen molar-refractivity contribution in [1.29, 1.82) is 0 Å². The van der Waals surface area contributed by atoms with Gasteiger partial charge in [0.05, 0.1) is 24.9 Å². The van der Waals surface area contributed by atoms with Crippen LogP contribution in [0.3, 0.4) is 0 Å². The first-order valence-corrected chi connectivity index (χ1v) is 9.97. The van der Waals surface area contributed by atoms with Gasteiger partial charge in [-0.3, -0.25) is 9.78 Å². The molecule has 0 aliphatic rings. The van der Waals surface area contributed by atoms with E-state index in [4.69, 9.17) is 4.74 Å². The number of nitrogens with one attached hydrogen (secondary N) is 1. The molecule has 2 aromatic carbocycles. The molecule has 152 valence electrons. The van der Waals surface area contributed by atoms with Gasteiger partial charge in [0.15, 0.2) is 0 Å². The molecule has 1 amide bonds. The molecule has 1 N–H and O–H groups in total. The Labute approximate surface area is 176 Å². The number of para-hydroxylation sites is 1. The van der Waals surface area contributed by atoms with Crippen molar-refractivity contribution in [2.45, 2.75) is 26.9 Å². The highest BCUT2D eigenvalue weighted by Gasteiger charge is 2.16. The van der Waals surface area contributed by atoms with E-state index in [1.807, 2.05) is 62.5 Å². The maximum Gasteiger partial charge on any atom is 0.253 e. The molecule has 0 spiro atoms. The third-order valence-corrected chi connectivity index (χ3v) is 5.40. The minimum Gasteiger partial charge on any atom is -0.496 e. The molecule has 0 fully saturated rings. The summed E-state index contributed by atoms with van der Waals surface area (Å²) in [6.07, 6.45) is 3.71. The lowest BCUT2D eigenvalue weighted by molar-refractivity contribution is 0.0951. The number of rotatable bonds is 6. The standard InChI is InChI=1S/C25H25N3O2/c1-17-13-26-22(18(2)24(17)30-3)14-27-25(29)21-16-28(15-19-9-5-4-6-10-19)23-12-8-7-11-20(21)23/h4-13,16H,14-15H2,1-3H3,(H,27,29). The first kappa shape index (κ1) is 19.7. The molecular weight excluding hydrogens is 374 g/mol. The lowest BCUT2D eigenvalue weighted by Crippen LogP contribution is -2.23. The Morgan fingerprint density at radius 1 is 1.07 bits per heavy atom. The Morgan fingerprint density at radius 2 is 1.80 bits per heavy atom. The van der Waals surface area contributed by atoms with Gasteiger partial charge in [-0.25, -0.2) is 0 Å². The number of carbonyl (C=O) groups excluding carboxylic acids is 1. The Hall–Kier alpha value is -3.60. The fourth-order valence-corrected chi connectivity index (χ4v) is 3.85. The highest BCUT2D eigenvalue weighted by molar-refractivity contribution is 6.07. The summed E-state index contributed by atoms with van der Waals surface area (Å²) >= 11 is 0. The lowest BCUT2D eigenvalue weighted by atomic mass is 10.1. The van der Waals surface area contributed by atoms with Crippen molar-refractivity contribution in [3.05, 3.63) is 94.9 Å². The number of benzene rings is 2. The second kappa shape index (κ2) is 8.41. The number of methoxy groups -OCH3 is 1. The number of hydrogen-bond donors (Lipinski definition) is 1. The van der Waals surface area contributed by atoms with Crippen LogP contribution in [0.4, 0.5) is 0 Å². The van der Waals surface area contributed by atoms with Gasteiger partial charge in [-0.2, -0.15) is 0 Å². The summed E-state index contributed by atoms with van der Waals surface area (Å²) in [4.78, 5) is 17.5. The second-order valence-electron chi connectivity index (χ2n) is 7.40. The van der Waals surface area contributed by atoms with Crippen LogP contribution in [-0.2, 0) is 13.1 Å². The van der Waals surface area contributed by atoms with Crippen molar-refractivity contribution >= 4 is 16.8 Å². The van der Waals surface area contributed by atoms with E-state index in [1.54, 1.807) is 13.3 Å². The maximum atomic E-state index is 13.0. The van der Waals surface area contributed by atoms with Crippen LogP contribution in [0, 0.1) is 13.8 Å². The van der Waals surface area contributed by atoms with Crippen LogP contribution in [0.5, 0.6) is 5.75 Å². The molecule has 0 saturated heterocycles. The summed E-state index contributed by atoms with van der Waals surface area (Å²) in [5.41, 5.74) is 5.63. The molecule has 5 nitrogen and oxygen atoms in total. The number of amides is 1. The minimum absolute atomic E-state index is 0.112. The molecule has 2 heterocycles. The van der Waals surface area contributed by atoms with Gasteiger partial charge in [-0.05, 0) is 25.5 Å². The highest BCUT2D eigenvalue weighted by Crippen LogP contribution is 2.25. The minimum atomic E-state index is -0.112. The van der Waals surface area contributed by atoms with Crippen LogP contribution in [-0.4, -0.2) is 22.6 Å². The van der Waals surface area contributed by atoms with E-state index in [2.05, 4.69) is 27.0 Å².